The summed E-state index contributed by atoms with van der Waals surface area (Å²) in [6.45, 7) is 8.58. The largest absolute Gasteiger partial charge is 0.384 e. The summed E-state index contributed by atoms with van der Waals surface area (Å²) in [5.41, 5.74) is 5.40. The lowest BCUT2D eigenvalue weighted by Crippen LogP contribution is -2.31. The third kappa shape index (κ3) is 9.88. The summed E-state index contributed by atoms with van der Waals surface area (Å²) < 4.78 is 4.98. The first-order chi connectivity index (χ1) is 5.70. The molecule has 3 nitrogen and oxygen atoms in total. The van der Waals surface area contributed by atoms with E-state index in [-0.39, 0.29) is 0 Å². The molecule has 0 rings (SSSR count). The van der Waals surface area contributed by atoms with Crippen LogP contribution < -0.4 is 5.73 Å². The van der Waals surface area contributed by atoms with E-state index in [9.17, 15) is 0 Å². The van der Waals surface area contributed by atoms with E-state index in [1.54, 1.807) is 7.11 Å². The topological polar surface area (TPSA) is 38.5 Å². The van der Waals surface area contributed by atoms with E-state index in [0.29, 0.717) is 12.6 Å². The first-order valence-electron chi connectivity index (χ1n) is 4.58. The van der Waals surface area contributed by atoms with Crippen LogP contribution in [0.3, 0.4) is 0 Å². The number of rotatable bonds is 5. The quantitative estimate of drug-likeness (QED) is 0.638. The van der Waals surface area contributed by atoms with Crippen LogP contribution >= 0.6 is 0 Å². The molecule has 0 bridgehead atoms. The first-order valence-corrected chi connectivity index (χ1v) is 4.58. The van der Waals surface area contributed by atoms with Gasteiger partial charge in [-0.15, -0.1) is 0 Å². The first kappa shape index (κ1) is 14.4. The van der Waals surface area contributed by atoms with Crippen LogP contribution in [0.25, 0.3) is 0 Å². The zero-order valence-electron chi connectivity index (χ0n) is 9.13. The van der Waals surface area contributed by atoms with E-state index < -0.39 is 0 Å². The molecule has 0 aliphatic rings. The molecule has 0 aliphatic carbocycles. The van der Waals surface area contributed by atoms with Gasteiger partial charge in [-0.05, 0) is 13.0 Å². The zero-order chi connectivity index (χ0) is 9.98. The van der Waals surface area contributed by atoms with Gasteiger partial charge in [-0.3, -0.25) is 4.90 Å². The molecule has 0 amide bonds. The number of nitrogens with two attached hydrogens (primary N) is 1. The van der Waals surface area contributed by atoms with Gasteiger partial charge in [0.05, 0.1) is 0 Å². The highest BCUT2D eigenvalue weighted by molar-refractivity contribution is 4.55. The number of nitrogens with zero attached hydrogens (tertiary/aromatic N) is 1. The van der Waals surface area contributed by atoms with Gasteiger partial charge in [-0.2, -0.15) is 0 Å². The van der Waals surface area contributed by atoms with Gasteiger partial charge >= 0.3 is 0 Å². The lowest BCUT2D eigenvalue weighted by molar-refractivity contribution is 0.138. The highest BCUT2D eigenvalue weighted by Crippen LogP contribution is 1.96. The molecule has 0 radical (unpaired) electrons. The lowest BCUT2D eigenvalue weighted by atomic mass is 10.2. The van der Waals surface area contributed by atoms with Crippen LogP contribution in [0.4, 0.5) is 0 Å². The summed E-state index contributed by atoms with van der Waals surface area (Å²) in [5, 5.41) is 0. The van der Waals surface area contributed by atoms with Crippen molar-refractivity contribution in [3.8, 4) is 0 Å². The van der Waals surface area contributed by atoms with Crippen LogP contribution in [0.1, 0.15) is 20.8 Å². The number of ether oxygens (including phenoxy) is 1. The van der Waals surface area contributed by atoms with E-state index in [2.05, 4.69) is 11.8 Å². The van der Waals surface area contributed by atoms with Crippen molar-refractivity contribution in [3.05, 3.63) is 0 Å². The normalized spacial score (nSPS) is 12.2. The molecule has 1 unspecified atom stereocenters. The molecule has 2 N–H and O–H groups in total. The van der Waals surface area contributed by atoms with E-state index in [4.69, 9.17) is 10.5 Å². The molecule has 0 fully saturated rings. The maximum Gasteiger partial charge on any atom is 0.0500 e. The summed E-state index contributed by atoms with van der Waals surface area (Å²) in [7, 11) is 3.73. The molecule has 0 aromatic carbocycles. The molecule has 76 valence electrons. The van der Waals surface area contributed by atoms with Crippen LogP contribution in [0.2, 0.25) is 0 Å². The SMILES string of the molecule is CC.COCC(C)CN(C)CN. The number of hydrogen-bond acceptors (Lipinski definition) is 3. The van der Waals surface area contributed by atoms with Crippen LogP contribution in [-0.2, 0) is 4.74 Å². The maximum atomic E-state index is 5.40. The Morgan fingerprint density at radius 3 is 2.25 bits per heavy atom. The average Bonchev–Trinajstić information content (AvgIpc) is 2.08. The van der Waals surface area contributed by atoms with Crippen molar-refractivity contribution in [2.75, 3.05) is 34.0 Å². The summed E-state index contributed by atoms with van der Waals surface area (Å²) >= 11 is 0. The molecular weight excluding hydrogens is 152 g/mol. The van der Waals surface area contributed by atoms with Gasteiger partial charge < -0.3 is 10.5 Å². The second kappa shape index (κ2) is 10.9. The second-order valence-corrected chi connectivity index (χ2v) is 2.78. The summed E-state index contributed by atoms with van der Waals surface area (Å²) in [5.74, 6) is 0.568. The van der Waals surface area contributed by atoms with Gasteiger partial charge in [0.1, 0.15) is 0 Å². The van der Waals surface area contributed by atoms with Gasteiger partial charge in [-0.25, -0.2) is 0 Å². The van der Waals surface area contributed by atoms with E-state index in [1.807, 2.05) is 20.9 Å². The molecule has 0 aliphatic heterocycles. The maximum absolute atomic E-state index is 5.40. The van der Waals surface area contributed by atoms with Gasteiger partial charge in [0.2, 0.25) is 0 Å². The van der Waals surface area contributed by atoms with E-state index >= 15 is 0 Å². The second-order valence-electron chi connectivity index (χ2n) is 2.78. The van der Waals surface area contributed by atoms with Crippen molar-refractivity contribution < 1.29 is 4.74 Å². The molecule has 0 heterocycles. The molecule has 0 saturated heterocycles. The van der Waals surface area contributed by atoms with Gasteiger partial charge in [0, 0.05) is 26.9 Å². The van der Waals surface area contributed by atoms with Crippen molar-refractivity contribution in [2.24, 2.45) is 11.7 Å². The van der Waals surface area contributed by atoms with E-state index in [0.717, 1.165) is 13.2 Å². The number of hydrogen-bond donors (Lipinski definition) is 1. The molecule has 0 aromatic heterocycles. The predicted octanol–water partition coefficient (Wildman–Crippen LogP) is 1.14. The monoisotopic (exact) mass is 176 g/mol. The van der Waals surface area contributed by atoms with Crippen molar-refractivity contribution in [3.63, 3.8) is 0 Å². The van der Waals surface area contributed by atoms with Crippen molar-refractivity contribution in [1.29, 1.82) is 0 Å². The minimum absolute atomic E-state index is 0.568. The van der Waals surface area contributed by atoms with Crippen LogP contribution in [-0.4, -0.2) is 38.9 Å². The summed E-state index contributed by atoms with van der Waals surface area (Å²) in [6, 6.07) is 0. The highest BCUT2D eigenvalue weighted by atomic mass is 16.5. The standard InChI is InChI=1S/C7H18N2O.C2H6/c1-7(5-10-3)4-9(2)6-8;1-2/h7H,4-6,8H2,1-3H3;1-2H3. The molecule has 3 heteroatoms. The van der Waals surface area contributed by atoms with Crippen molar-refractivity contribution in [2.45, 2.75) is 20.8 Å². The third-order valence-corrected chi connectivity index (χ3v) is 1.39. The summed E-state index contributed by atoms with van der Waals surface area (Å²) in [6.07, 6.45) is 0. The minimum Gasteiger partial charge on any atom is -0.384 e. The van der Waals surface area contributed by atoms with E-state index in [1.165, 1.54) is 0 Å². The fourth-order valence-electron chi connectivity index (χ4n) is 0.944. The van der Waals surface area contributed by atoms with Crippen molar-refractivity contribution in [1.82, 2.24) is 4.90 Å². The Kier molecular flexibility index (Phi) is 13.1. The molecular formula is C9H24N2O. The highest BCUT2D eigenvalue weighted by Gasteiger charge is 2.03. The molecule has 1 atom stereocenters. The summed E-state index contributed by atoms with van der Waals surface area (Å²) in [4.78, 5) is 2.07. The molecule has 0 saturated carbocycles. The molecule has 0 aromatic rings. The van der Waals surface area contributed by atoms with Crippen molar-refractivity contribution >= 4 is 0 Å². The fourth-order valence-corrected chi connectivity index (χ4v) is 0.944. The van der Waals surface area contributed by atoms with Gasteiger partial charge in [-0.1, -0.05) is 20.8 Å². The Hall–Kier alpha value is -0.120. The smallest absolute Gasteiger partial charge is 0.0500 e. The molecule has 0 spiro atoms. The predicted molar refractivity (Wildman–Crippen MR) is 54.1 cm³/mol. The van der Waals surface area contributed by atoms with Crippen LogP contribution in [0.15, 0.2) is 0 Å². The van der Waals surface area contributed by atoms with Gasteiger partial charge in [0.15, 0.2) is 0 Å². The Morgan fingerprint density at radius 1 is 1.42 bits per heavy atom. The average molecular weight is 176 g/mol. The number of methoxy groups -OCH3 is 1. The Balaban J connectivity index is 0. The zero-order valence-corrected chi connectivity index (χ0v) is 9.13. The Bertz CT molecular complexity index is 78.9. The Labute approximate surface area is 76.9 Å². The lowest BCUT2D eigenvalue weighted by Gasteiger charge is -2.18. The fraction of sp³-hybridized carbons (Fsp3) is 1.00. The molecule has 12 heavy (non-hydrogen) atoms. The van der Waals surface area contributed by atoms with Crippen LogP contribution in [0.5, 0.6) is 0 Å². The Morgan fingerprint density at radius 2 is 1.92 bits per heavy atom. The minimum atomic E-state index is 0.568. The third-order valence-electron chi connectivity index (χ3n) is 1.39. The van der Waals surface area contributed by atoms with Gasteiger partial charge in [0.25, 0.3) is 0 Å². The van der Waals surface area contributed by atoms with Crippen LogP contribution in [0, 0.1) is 5.92 Å².